The van der Waals surface area contributed by atoms with E-state index in [1.54, 1.807) is 29.8 Å². The van der Waals surface area contributed by atoms with Crippen LogP contribution in [-0.2, 0) is 13.0 Å². The Labute approximate surface area is 127 Å². The van der Waals surface area contributed by atoms with E-state index >= 15 is 0 Å². The predicted molar refractivity (Wildman–Crippen MR) is 81.0 cm³/mol. The van der Waals surface area contributed by atoms with Crippen LogP contribution in [0.5, 0.6) is 0 Å². The van der Waals surface area contributed by atoms with E-state index in [9.17, 15) is 4.79 Å². The second kappa shape index (κ2) is 6.08. The van der Waals surface area contributed by atoms with Crippen molar-refractivity contribution in [1.82, 2.24) is 9.88 Å². The standard InChI is InChI=1S/C16H14N2O2S/c19-6-1-2-12-8-14(10-17-9-12)16(20)18-5-3-15-13(11-18)4-7-21-15/h4,7-10,19H,3,5-6,11H2. The second-order valence-corrected chi connectivity index (χ2v) is 5.77. The maximum absolute atomic E-state index is 12.5. The van der Waals surface area contributed by atoms with Crippen LogP contribution in [-0.4, -0.2) is 34.0 Å². The van der Waals surface area contributed by atoms with Gasteiger partial charge in [0.1, 0.15) is 6.61 Å². The van der Waals surface area contributed by atoms with Crippen molar-refractivity contribution in [3.05, 3.63) is 51.5 Å². The summed E-state index contributed by atoms with van der Waals surface area (Å²) in [7, 11) is 0. The molecule has 0 saturated heterocycles. The Hall–Kier alpha value is -2.16. The summed E-state index contributed by atoms with van der Waals surface area (Å²) in [5.74, 6) is 5.31. The summed E-state index contributed by atoms with van der Waals surface area (Å²) in [5, 5.41) is 10.8. The van der Waals surface area contributed by atoms with Crippen molar-refractivity contribution in [2.75, 3.05) is 13.2 Å². The summed E-state index contributed by atoms with van der Waals surface area (Å²) in [6, 6.07) is 3.81. The van der Waals surface area contributed by atoms with Gasteiger partial charge in [-0.3, -0.25) is 9.78 Å². The van der Waals surface area contributed by atoms with Gasteiger partial charge in [-0.15, -0.1) is 11.3 Å². The van der Waals surface area contributed by atoms with Gasteiger partial charge in [-0.1, -0.05) is 11.8 Å². The van der Waals surface area contributed by atoms with Crippen LogP contribution in [0.3, 0.4) is 0 Å². The summed E-state index contributed by atoms with van der Waals surface area (Å²) in [6.45, 7) is 1.19. The zero-order valence-corrected chi connectivity index (χ0v) is 12.2. The number of aliphatic hydroxyl groups excluding tert-OH is 1. The molecular weight excluding hydrogens is 284 g/mol. The molecule has 4 nitrogen and oxygen atoms in total. The predicted octanol–water partition coefficient (Wildman–Crippen LogP) is 1.69. The molecule has 0 unspecified atom stereocenters. The zero-order valence-electron chi connectivity index (χ0n) is 11.4. The van der Waals surface area contributed by atoms with E-state index in [1.807, 2.05) is 4.90 Å². The van der Waals surface area contributed by atoms with Gasteiger partial charge in [-0.05, 0) is 29.5 Å². The first-order chi connectivity index (χ1) is 10.3. The Kier molecular flexibility index (Phi) is 4.00. The molecule has 0 aromatic carbocycles. The Balaban J connectivity index is 1.80. The summed E-state index contributed by atoms with van der Waals surface area (Å²) < 4.78 is 0. The first-order valence-electron chi connectivity index (χ1n) is 6.67. The third kappa shape index (κ3) is 2.97. The number of hydrogen-bond donors (Lipinski definition) is 1. The van der Waals surface area contributed by atoms with Gasteiger partial charge >= 0.3 is 0 Å². The van der Waals surface area contributed by atoms with Gasteiger partial charge in [0.2, 0.25) is 0 Å². The monoisotopic (exact) mass is 298 g/mol. The third-order valence-corrected chi connectivity index (χ3v) is 4.41. The summed E-state index contributed by atoms with van der Waals surface area (Å²) in [5.41, 5.74) is 2.42. The van der Waals surface area contributed by atoms with E-state index < -0.39 is 0 Å². The molecule has 0 radical (unpaired) electrons. The molecular formula is C16H14N2O2S. The quantitative estimate of drug-likeness (QED) is 0.815. The second-order valence-electron chi connectivity index (χ2n) is 4.77. The Morgan fingerprint density at radius 1 is 1.48 bits per heavy atom. The Morgan fingerprint density at radius 3 is 3.24 bits per heavy atom. The number of rotatable bonds is 1. The molecule has 1 aliphatic rings. The van der Waals surface area contributed by atoms with Gasteiger partial charge in [-0.25, -0.2) is 0 Å². The molecule has 1 aliphatic heterocycles. The van der Waals surface area contributed by atoms with Crippen molar-refractivity contribution in [3.63, 3.8) is 0 Å². The van der Waals surface area contributed by atoms with Gasteiger partial charge in [0, 0.05) is 35.9 Å². The van der Waals surface area contributed by atoms with E-state index in [0.717, 1.165) is 13.0 Å². The smallest absolute Gasteiger partial charge is 0.255 e. The van der Waals surface area contributed by atoms with Crippen LogP contribution >= 0.6 is 11.3 Å². The van der Waals surface area contributed by atoms with Crippen LogP contribution in [0, 0.1) is 11.8 Å². The molecule has 5 heteroatoms. The van der Waals surface area contributed by atoms with Crippen molar-refractivity contribution in [3.8, 4) is 11.8 Å². The van der Waals surface area contributed by atoms with E-state index in [2.05, 4.69) is 28.3 Å². The van der Waals surface area contributed by atoms with E-state index in [1.165, 1.54) is 10.4 Å². The molecule has 2 aromatic heterocycles. The number of thiophene rings is 1. The highest BCUT2D eigenvalue weighted by molar-refractivity contribution is 7.10. The first-order valence-corrected chi connectivity index (χ1v) is 7.55. The molecule has 1 amide bonds. The van der Waals surface area contributed by atoms with Crippen molar-refractivity contribution < 1.29 is 9.90 Å². The van der Waals surface area contributed by atoms with Crippen LogP contribution < -0.4 is 0 Å². The minimum absolute atomic E-state index is 0.0213. The molecule has 0 spiro atoms. The molecule has 0 fully saturated rings. The minimum Gasteiger partial charge on any atom is -0.384 e. The van der Waals surface area contributed by atoms with E-state index in [-0.39, 0.29) is 12.5 Å². The van der Waals surface area contributed by atoms with Crippen molar-refractivity contribution >= 4 is 17.2 Å². The van der Waals surface area contributed by atoms with Gasteiger partial charge < -0.3 is 10.0 Å². The number of carbonyl (C=O) groups is 1. The van der Waals surface area contributed by atoms with Crippen LogP contribution in [0.15, 0.2) is 29.9 Å². The molecule has 3 rings (SSSR count). The molecule has 21 heavy (non-hydrogen) atoms. The lowest BCUT2D eigenvalue weighted by Crippen LogP contribution is -2.35. The maximum atomic E-state index is 12.5. The van der Waals surface area contributed by atoms with E-state index in [4.69, 9.17) is 5.11 Å². The molecule has 2 aromatic rings. The molecule has 106 valence electrons. The molecule has 0 bridgehead atoms. The fourth-order valence-corrected chi connectivity index (χ4v) is 3.26. The lowest BCUT2D eigenvalue weighted by atomic mass is 10.1. The van der Waals surface area contributed by atoms with Crippen LogP contribution in [0.25, 0.3) is 0 Å². The highest BCUT2D eigenvalue weighted by atomic mass is 32.1. The van der Waals surface area contributed by atoms with Gasteiger partial charge in [0.25, 0.3) is 5.91 Å². The molecule has 3 heterocycles. The highest BCUT2D eigenvalue weighted by Crippen LogP contribution is 2.24. The normalized spacial score (nSPS) is 13.3. The van der Waals surface area contributed by atoms with Crippen LogP contribution in [0.2, 0.25) is 0 Å². The number of hydrogen-bond acceptors (Lipinski definition) is 4. The lowest BCUT2D eigenvalue weighted by Gasteiger charge is -2.27. The maximum Gasteiger partial charge on any atom is 0.255 e. The number of pyridine rings is 1. The average molecular weight is 298 g/mol. The fourth-order valence-electron chi connectivity index (χ4n) is 2.37. The van der Waals surface area contributed by atoms with Gasteiger partial charge in [-0.2, -0.15) is 0 Å². The molecule has 0 saturated carbocycles. The number of nitrogens with zero attached hydrogens (tertiary/aromatic N) is 2. The zero-order chi connectivity index (χ0) is 14.7. The number of carbonyl (C=O) groups excluding carboxylic acids is 1. The minimum atomic E-state index is -0.203. The number of amides is 1. The molecule has 1 N–H and O–H groups in total. The Morgan fingerprint density at radius 2 is 2.38 bits per heavy atom. The van der Waals surface area contributed by atoms with Crippen LogP contribution in [0.4, 0.5) is 0 Å². The largest absolute Gasteiger partial charge is 0.384 e. The number of aliphatic hydroxyl groups is 1. The van der Waals surface area contributed by atoms with Gasteiger partial charge in [0.15, 0.2) is 0 Å². The van der Waals surface area contributed by atoms with E-state index in [0.29, 0.717) is 17.7 Å². The fraction of sp³-hybridized carbons (Fsp3) is 0.250. The molecule has 0 atom stereocenters. The topological polar surface area (TPSA) is 53.4 Å². The van der Waals surface area contributed by atoms with Crippen molar-refractivity contribution in [1.29, 1.82) is 0 Å². The summed E-state index contributed by atoms with van der Waals surface area (Å²) >= 11 is 1.75. The Bertz CT molecular complexity index is 727. The third-order valence-electron chi connectivity index (χ3n) is 3.39. The lowest BCUT2D eigenvalue weighted by molar-refractivity contribution is 0.0735. The summed E-state index contributed by atoms with van der Waals surface area (Å²) in [4.78, 5) is 19.8. The highest BCUT2D eigenvalue weighted by Gasteiger charge is 2.22. The average Bonchev–Trinajstić information content (AvgIpc) is 3.00. The van der Waals surface area contributed by atoms with Crippen molar-refractivity contribution in [2.24, 2.45) is 0 Å². The van der Waals surface area contributed by atoms with Crippen molar-refractivity contribution in [2.45, 2.75) is 13.0 Å². The van der Waals surface area contributed by atoms with Gasteiger partial charge in [0.05, 0.1) is 5.56 Å². The molecule has 0 aliphatic carbocycles. The summed E-state index contributed by atoms with van der Waals surface area (Å²) in [6.07, 6.45) is 4.07. The number of fused-ring (bicyclic) bond motifs is 1. The SMILES string of the molecule is O=C(c1cncc(C#CCO)c1)N1CCc2sccc2C1. The first kappa shape index (κ1) is 13.8. The number of aromatic nitrogens is 1. The van der Waals surface area contributed by atoms with Crippen LogP contribution in [0.1, 0.15) is 26.4 Å².